The van der Waals surface area contributed by atoms with Crippen molar-refractivity contribution in [2.24, 2.45) is 0 Å². The zero-order valence-electron chi connectivity index (χ0n) is 12.8. The molecular weight excluding hydrogens is 279 g/mol. The minimum absolute atomic E-state index is 0.141. The summed E-state index contributed by atoms with van der Waals surface area (Å²) in [5.74, 6) is -0.283. The number of aryl methyl sites for hydroxylation is 1. The van der Waals surface area contributed by atoms with Crippen molar-refractivity contribution in [3.8, 4) is 0 Å². The fraction of sp³-hybridized carbons (Fsp3) is 0.278. The fourth-order valence-corrected chi connectivity index (χ4v) is 2.25. The topological polar surface area (TPSA) is 32.3 Å². The first-order valence-corrected chi connectivity index (χ1v) is 7.42. The highest BCUT2D eigenvalue weighted by atomic mass is 19.1. The second-order valence-corrected chi connectivity index (χ2v) is 5.31. The van der Waals surface area contributed by atoms with Crippen LogP contribution in [0.15, 0.2) is 54.6 Å². The summed E-state index contributed by atoms with van der Waals surface area (Å²) in [6.45, 7) is 1.02. The quantitative estimate of drug-likeness (QED) is 0.812. The van der Waals surface area contributed by atoms with E-state index in [0.29, 0.717) is 13.1 Å². The molecule has 0 saturated carbocycles. The maximum atomic E-state index is 13.1. The lowest BCUT2D eigenvalue weighted by Gasteiger charge is -2.18. The van der Waals surface area contributed by atoms with Gasteiger partial charge in [0.05, 0.1) is 0 Å². The Morgan fingerprint density at radius 1 is 1.09 bits per heavy atom. The normalized spacial score (nSPS) is 10.3. The van der Waals surface area contributed by atoms with Crippen molar-refractivity contribution < 1.29 is 9.18 Å². The number of nitrogens with one attached hydrogen (secondary N) is 1. The first kappa shape index (κ1) is 16.0. The molecule has 0 fully saturated rings. The highest BCUT2D eigenvalue weighted by Crippen LogP contribution is 2.06. The molecule has 0 bridgehead atoms. The Bertz CT molecular complexity index is 601. The van der Waals surface area contributed by atoms with Crippen molar-refractivity contribution in [3.63, 3.8) is 0 Å². The summed E-state index contributed by atoms with van der Waals surface area (Å²) in [5, 5.41) is 2.88. The molecule has 116 valence electrons. The Balaban J connectivity index is 1.70. The number of carbonyl (C=O) groups is 1. The molecule has 3 nitrogen and oxygen atoms in total. The van der Waals surface area contributed by atoms with Gasteiger partial charge in [0, 0.05) is 20.1 Å². The molecule has 0 heterocycles. The molecule has 0 aliphatic carbocycles. The Kier molecular flexibility index (Phi) is 5.95. The molecule has 0 aromatic heterocycles. The van der Waals surface area contributed by atoms with Crippen LogP contribution in [0.4, 0.5) is 9.18 Å². The lowest BCUT2D eigenvalue weighted by Crippen LogP contribution is -2.37. The van der Waals surface area contributed by atoms with E-state index in [4.69, 9.17) is 0 Å². The van der Waals surface area contributed by atoms with Gasteiger partial charge in [-0.1, -0.05) is 42.5 Å². The lowest BCUT2D eigenvalue weighted by molar-refractivity contribution is 0.206. The minimum atomic E-state index is -0.283. The van der Waals surface area contributed by atoms with Gasteiger partial charge in [0.1, 0.15) is 5.82 Å². The summed E-state index contributed by atoms with van der Waals surface area (Å²) in [5.41, 5.74) is 2.05. The summed E-state index contributed by atoms with van der Waals surface area (Å²) >= 11 is 0. The predicted molar refractivity (Wildman–Crippen MR) is 86.0 cm³/mol. The van der Waals surface area contributed by atoms with Crippen LogP contribution < -0.4 is 5.32 Å². The van der Waals surface area contributed by atoms with Crippen molar-refractivity contribution in [2.45, 2.75) is 19.4 Å². The number of halogens is 1. The van der Waals surface area contributed by atoms with E-state index in [9.17, 15) is 9.18 Å². The zero-order chi connectivity index (χ0) is 15.8. The van der Waals surface area contributed by atoms with E-state index in [-0.39, 0.29) is 11.8 Å². The Morgan fingerprint density at radius 2 is 1.82 bits per heavy atom. The van der Waals surface area contributed by atoms with Gasteiger partial charge >= 0.3 is 6.03 Å². The number of rotatable bonds is 6. The predicted octanol–water partition coefficient (Wildman–Crippen LogP) is 3.60. The van der Waals surface area contributed by atoms with Gasteiger partial charge in [-0.3, -0.25) is 0 Å². The fourth-order valence-electron chi connectivity index (χ4n) is 2.25. The second-order valence-electron chi connectivity index (χ2n) is 5.31. The van der Waals surface area contributed by atoms with Crippen LogP contribution in [-0.4, -0.2) is 24.5 Å². The van der Waals surface area contributed by atoms with Gasteiger partial charge in [-0.05, 0) is 36.1 Å². The monoisotopic (exact) mass is 300 g/mol. The van der Waals surface area contributed by atoms with Crippen molar-refractivity contribution >= 4 is 6.03 Å². The van der Waals surface area contributed by atoms with Crippen LogP contribution in [0.2, 0.25) is 0 Å². The molecular formula is C18H21FN2O. The summed E-state index contributed by atoms with van der Waals surface area (Å²) < 4.78 is 13.1. The van der Waals surface area contributed by atoms with E-state index in [1.165, 1.54) is 17.7 Å². The molecule has 0 aliphatic rings. The standard InChI is InChI=1S/C18H21FN2O/c1-21(14-16-9-5-11-17(19)13-16)18(22)20-12-6-10-15-7-3-2-4-8-15/h2-5,7-9,11,13H,6,10,12,14H2,1H3,(H,20,22). The maximum Gasteiger partial charge on any atom is 0.317 e. The van der Waals surface area contributed by atoms with Gasteiger partial charge < -0.3 is 10.2 Å². The number of hydrogen-bond acceptors (Lipinski definition) is 1. The third kappa shape index (κ3) is 5.20. The van der Waals surface area contributed by atoms with Gasteiger partial charge in [-0.2, -0.15) is 0 Å². The van der Waals surface area contributed by atoms with Gasteiger partial charge in [0.15, 0.2) is 0 Å². The van der Waals surface area contributed by atoms with Gasteiger partial charge in [-0.25, -0.2) is 9.18 Å². The number of nitrogens with zero attached hydrogens (tertiary/aromatic N) is 1. The van der Waals surface area contributed by atoms with Crippen molar-refractivity contribution in [1.29, 1.82) is 0 Å². The van der Waals surface area contributed by atoms with Crippen LogP contribution in [0.3, 0.4) is 0 Å². The molecule has 2 amide bonds. The highest BCUT2D eigenvalue weighted by Gasteiger charge is 2.08. The molecule has 0 radical (unpaired) electrons. The van der Waals surface area contributed by atoms with E-state index >= 15 is 0 Å². The molecule has 22 heavy (non-hydrogen) atoms. The second kappa shape index (κ2) is 8.17. The first-order chi connectivity index (χ1) is 10.6. The van der Waals surface area contributed by atoms with Gasteiger partial charge in [-0.15, -0.1) is 0 Å². The van der Waals surface area contributed by atoms with E-state index in [0.717, 1.165) is 18.4 Å². The number of urea groups is 1. The average Bonchev–Trinajstić information content (AvgIpc) is 2.52. The van der Waals surface area contributed by atoms with E-state index in [1.54, 1.807) is 18.0 Å². The number of benzene rings is 2. The molecule has 2 rings (SSSR count). The number of hydrogen-bond donors (Lipinski definition) is 1. The first-order valence-electron chi connectivity index (χ1n) is 7.42. The SMILES string of the molecule is CN(Cc1cccc(F)c1)C(=O)NCCCc1ccccc1. The van der Waals surface area contributed by atoms with Crippen LogP contribution >= 0.6 is 0 Å². The van der Waals surface area contributed by atoms with Crippen molar-refractivity contribution in [2.75, 3.05) is 13.6 Å². The molecule has 0 aliphatic heterocycles. The Morgan fingerprint density at radius 3 is 2.55 bits per heavy atom. The maximum absolute atomic E-state index is 13.1. The van der Waals surface area contributed by atoms with E-state index in [1.807, 2.05) is 24.3 Å². The number of amides is 2. The third-order valence-corrected chi connectivity index (χ3v) is 3.42. The van der Waals surface area contributed by atoms with Gasteiger partial charge in [0.2, 0.25) is 0 Å². The molecule has 1 N–H and O–H groups in total. The average molecular weight is 300 g/mol. The number of carbonyl (C=O) groups excluding carboxylic acids is 1. The zero-order valence-corrected chi connectivity index (χ0v) is 12.8. The molecule has 0 unspecified atom stereocenters. The molecule has 2 aromatic carbocycles. The molecule has 0 spiro atoms. The van der Waals surface area contributed by atoms with E-state index < -0.39 is 0 Å². The van der Waals surface area contributed by atoms with Crippen LogP contribution in [-0.2, 0) is 13.0 Å². The van der Waals surface area contributed by atoms with Crippen LogP contribution in [0.5, 0.6) is 0 Å². The molecule has 0 saturated heterocycles. The largest absolute Gasteiger partial charge is 0.338 e. The van der Waals surface area contributed by atoms with Crippen LogP contribution in [0.25, 0.3) is 0 Å². The molecule has 2 aromatic rings. The summed E-state index contributed by atoms with van der Waals surface area (Å²) in [6, 6.07) is 16.3. The summed E-state index contributed by atoms with van der Waals surface area (Å²) in [4.78, 5) is 13.5. The highest BCUT2D eigenvalue weighted by molar-refractivity contribution is 5.73. The smallest absolute Gasteiger partial charge is 0.317 e. The van der Waals surface area contributed by atoms with E-state index in [2.05, 4.69) is 17.4 Å². The summed E-state index contributed by atoms with van der Waals surface area (Å²) in [7, 11) is 1.71. The van der Waals surface area contributed by atoms with Crippen LogP contribution in [0.1, 0.15) is 17.5 Å². The summed E-state index contributed by atoms with van der Waals surface area (Å²) in [6.07, 6.45) is 1.83. The minimum Gasteiger partial charge on any atom is -0.338 e. The van der Waals surface area contributed by atoms with Gasteiger partial charge in [0.25, 0.3) is 0 Å². The van der Waals surface area contributed by atoms with Crippen LogP contribution in [0, 0.1) is 5.82 Å². The third-order valence-electron chi connectivity index (χ3n) is 3.42. The molecule has 0 atom stereocenters. The lowest BCUT2D eigenvalue weighted by atomic mass is 10.1. The van der Waals surface area contributed by atoms with Crippen molar-refractivity contribution in [3.05, 3.63) is 71.5 Å². The molecule has 4 heteroatoms. The van der Waals surface area contributed by atoms with Crippen molar-refractivity contribution in [1.82, 2.24) is 10.2 Å². The Labute approximate surface area is 130 Å². The Hall–Kier alpha value is -2.36.